The van der Waals surface area contributed by atoms with Crippen molar-refractivity contribution >= 4 is 17.6 Å². The van der Waals surface area contributed by atoms with Gasteiger partial charge < -0.3 is 15.2 Å². The smallest absolute Gasteiger partial charge is 0.269 e. The fraction of sp³-hybridized carbons (Fsp3) is 0.111. The van der Waals surface area contributed by atoms with Crippen LogP contribution in [0.25, 0.3) is 0 Å². The zero-order chi connectivity index (χ0) is 12.1. The Morgan fingerprint density at radius 3 is 2.25 bits per heavy atom. The Bertz CT molecular complexity index is 426. The van der Waals surface area contributed by atoms with E-state index < -0.39 is 23.3 Å². The minimum atomic E-state index is -1.41. The number of nitro groups is 1. The van der Waals surface area contributed by atoms with Crippen LogP contribution in [0.1, 0.15) is 10.4 Å². The molecule has 0 unspecified atom stereocenters. The van der Waals surface area contributed by atoms with Crippen molar-refractivity contribution < 1.29 is 19.6 Å². The van der Waals surface area contributed by atoms with Crippen LogP contribution in [0.4, 0.5) is 5.69 Å². The van der Waals surface area contributed by atoms with Crippen LogP contribution in [0.15, 0.2) is 24.3 Å². The number of carbonyl (C=O) groups excluding carboxylic acids is 2. The monoisotopic (exact) mass is 223 g/mol. The van der Waals surface area contributed by atoms with E-state index in [9.17, 15) is 24.8 Å². The van der Waals surface area contributed by atoms with Gasteiger partial charge in [-0.15, -0.1) is 0 Å². The first-order chi connectivity index (χ1) is 7.50. The van der Waals surface area contributed by atoms with E-state index in [2.05, 4.69) is 5.32 Å². The molecule has 0 aliphatic rings. The van der Waals surface area contributed by atoms with Crippen molar-refractivity contribution in [3.05, 3.63) is 39.9 Å². The maximum Gasteiger partial charge on any atom is 0.269 e. The van der Waals surface area contributed by atoms with Crippen LogP contribution in [0.5, 0.6) is 0 Å². The lowest BCUT2D eigenvalue weighted by Crippen LogP contribution is -2.37. The number of non-ortho nitro benzene ring substituents is 1. The molecule has 0 aliphatic carbocycles. The molecule has 7 nitrogen and oxygen atoms in total. The van der Waals surface area contributed by atoms with Crippen molar-refractivity contribution in [2.24, 2.45) is 0 Å². The van der Waals surface area contributed by atoms with Crippen LogP contribution >= 0.6 is 0 Å². The Morgan fingerprint density at radius 2 is 1.81 bits per heavy atom. The number of rotatable bonds is 4. The molecule has 1 N–H and O–H groups in total. The number of carbonyl (C=O) groups is 2. The van der Waals surface area contributed by atoms with Gasteiger partial charge in [0, 0.05) is 17.7 Å². The molecule has 0 bridgehead atoms. The molecule has 0 heterocycles. The summed E-state index contributed by atoms with van der Waals surface area (Å²) < 4.78 is 0. The van der Waals surface area contributed by atoms with Crippen molar-refractivity contribution in [1.82, 2.24) is 5.32 Å². The average Bonchev–Trinajstić information content (AvgIpc) is 2.26. The first kappa shape index (κ1) is 11.6. The fourth-order valence-electron chi connectivity index (χ4n) is 0.989. The van der Waals surface area contributed by atoms with Crippen molar-refractivity contribution in [2.75, 3.05) is 6.54 Å². The summed E-state index contributed by atoms with van der Waals surface area (Å²) in [6.07, 6.45) is 0. The lowest BCUT2D eigenvalue weighted by Gasteiger charge is -2.05. The maximum atomic E-state index is 11.3. The van der Waals surface area contributed by atoms with Gasteiger partial charge in [0.05, 0.1) is 17.4 Å². The van der Waals surface area contributed by atoms with E-state index >= 15 is 0 Å². The normalized spacial score (nSPS) is 9.50. The number of nitrogens with zero attached hydrogens (tertiary/aromatic N) is 1. The number of carboxylic acids is 1. The molecule has 0 aromatic heterocycles. The quantitative estimate of drug-likeness (QED) is 0.523. The van der Waals surface area contributed by atoms with E-state index in [4.69, 9.17) is 0 Å². The van der Waals surface area contributed by atoms with E-state index in [1.165, 1.54) is 12.1 Å². The zero-order valence-corrected chi connectivity index (χ0v) is 8.00. The summed E-state index contributed by atoms with van der Waals surface area (Å²) in [6, 6.07) is 4.80. The first-order valence-electron chi connectivity index (χ1n) is 4.23. The van der Waals surface area contributed by atoms with Crippen LogP contribution in [0, 0.1) is 10.1 Å². The predicted octanol–water partition coefficient (Wildman–Crippen LogP) is -0.925. The first-order valence-corrected chi connectivity index (χ1v) is 4.23. The summed E-state index contributed by atoms with van der Waals surface area (Å²) in [5, 5.41) is 22.5. The second-order valence-electron chi connectivity index (χ2n) is 2.86. The molecular formula is C9H7N2O5-. The lowest BCUT2D eigenvalue weighted by molar-refractivity contribution is -0.384. The second kappa shape index (κ2) is 4.87. The number of benzene rings is 1. The van der Waals surface area contributed by atoms with E-state index in [0.29, 0.717) is 0 Å². The van der Waals surface area contributed by atoms with Crippen molar-refractivity contribution in [1.29, 1.82) is 0 Å². The summed E-state index contributed by atoms with van der Waals surface area (Å²) in [7, 11) is 0. The van der Waals surface area contributed by atoms with Gasteiger partial charge >= 0.3 is 0 Å². The minimum absolute atomic E-state index is 0.142. The number of hydrogen-bond donors (Lipinski definition) is 1. The molecule has 0 aliphatic heterocycles. The highest BCUT2D eigenvalue weighted by atomic mass is 16.6. The number of aliphatic carboxylic acids is 1. The molecule has 0 spiro atoms. The Kier molecular flexibility index (Phi) is 3.54. The summed E-state index contributed by atoms with van der Waals surface area (Å²) in [6.45, 7) is -0.601. The van der Waals surface area contributed by atoms with Crippen LogP contribution in [-0.2, 0) is 4.79 Å². The number of nitrogens with one attached hydrogen (secondary N) is 1. The van der Waals surface area contributed by atoms with E-state index in [-0.39, 0.29) is 11.3 Å². The molecule has 0 radical (unpaired) electrons. The molecule has 0 fully saturated rings. The van der Waals surface area contributed by atoms with Crippen LogP contribution in [0.3, 0.4) is 0 Å². The Balaban J connectivity index is 2.70. The van der Waals surface area contributed by atoms with E-state index in [1.54, 1.807) is 0 Å². The summed E-state index contributed by atoms with van der Waals surface area (Å²) >= 11 is 0. The van der Waals surface area contributed by atoms with Crippen molar-refractivity contribution in [3.63, 3.8) is 0 Å². The van der Waals surface area contributed by atoms with Gasteiger partial charge in [-0.1, -0.05) is 0 Å². The molecule has 1 aromatic rings. The minimum Gasteiger partial charge on any atom is -0.548 e. The Morgan fingerprint density at radius 1 is 1.25 bits per heavy atom. The third kappa shape index (κ3) is 3.05. The molecule has 1 amide bonds. The zero-order valence-electron chi connectivity index (χ0n) is 8.00. The number of hydrogen-bond acceptors (Lipinski definition) is 5. The summed E-state index contributed by atoms with van der Waals surface area (Å²) in [5.74, 6) is -2.03. The molecule has 7 heteroatoms. The SMILES string of the molecule is O=C([O-])CNC(=O)c1ccc([N+](=O)[O-])cc1. The predicted molar refractivity (Wildman–Crippen MR) is 50.4 cm³/mol. The molecule has 0 saturated heterocycles. The third-order valence-corrected chi connectivity index (χ3v) is 1.73. The highest BCUT2D eigenvalue weighted by molar-refractivity contribution is 5.95. The van der Waals surface area contributed by atoms with Crippen molar-refractivity contribution in [2.45, 2.75) is 0 Å². The lowest BCUT2D eigenvalue weighted by atomic mass is 10.2. The van der Waals surface area contributed by atoms with Crippen LogP contribution in [-0.4, -0.2) is 23.3 Å². The van der Waals surface area contributed by atoms with Gasteiger partial charge in [-0.3, -0.25) is 14.9 Å². The fourth-order valence-corrected chi connectivity index (χ4v) is 0.989. The van der Waals surface area contributed by atoms with E-state index in [0.717, 1.165) is 12.1 Å². The van der Waals surface area contributed by atoms with Crippen LogP contribution in [0.2, 0.25) is 0 Å². The maximum absolute atomic E-state index is 11.3. The van der Waals surface area contributed by atoms with Crippen LogP contribution < -0.4 is 10.4 Å². The second-order valence-corrected chi connectivity index (χ2v) is 2.86. The molecule has 84 valence electrons. The molecular weight excluding hydrogens is 216 g/mol. The summed E-state index contributed by atoms with van der Waals surface area (Å²) in [4.78, 5) is 31.0. The van der Waals surface area contributed by atoms with Gasteiger partial charge in [-0.05, 0) is 12.1 Å². The number of amides is 1. The van der Waals surface area contributed by atoms with Gasteiger partial charge in [-0.2, -0.15) is 0 Å². The molecule has 0 atom stereocenters. The van der Waals surface area contributed by atoms with Gasteiger partial charge in [0.2, 0.25) is 0 Å². The van der Waals surface area contributed by atoms with E-state index in [1.807, 2.05) is 0 Å². The highest BCUT2D eigenvalue weighted by Gasteiger charge is 2.08. The summed E-state index contributed by atoms with van der Waals surface area (Å²) in [5.41, 5.74) is 0.00306. The topological polar surface area (TPSA) is 112 Å². The molecule has 1 aromatic carbocycles. The largest absolute Gasteiger partial charge is 0.548 e. The van der Waals surface area contributed by atoms with Gasteiger partial charge in [-0.25, -0.2) is 0 Å². The Hall–Kier alpha value is -2.44. The number of carboxylic acid groups (broad SMARTS) is 1. The third-order valence-electron chi connectivity index (χ3n) is 1.73. The van der Waals surface area contributed by atoms with Gasteiger partial charge in [0.25, 0.3) is 11.6 Å². The Labute approximate surface area is 89.8 Å². The molecule has 0 saturated carbocycles. The van der Waals surface area contributed by atoms with Crippen molar-refractivity contribution in [3.8, 4) is 0 Å². The highest BCUT2D eigenvalue weighted by Crippen LogP contribution is 2.11. The standard InChI is InChI=1S/C9H8N2O5/c12-8(13)5-10-9(14)6-1-3-7(4-2-6)11(15)16/h1-4H,5H2,(H,10,14)(H,12,13)/p-1. The van der Waals surface area contributed by atoms with Gasteiger partial charge in [0.15, 0.2) is 0 Å². The number of nitro benzene ring substituents is 1. The molecule has 1 rings (SSSR count). The average molecular weight is 223 g/mol. The molecule has 16 heavy (non-hydrogen) atoms. The van der Waals surface area contributed by atoms with Gasteiger partial charge in [0.1, 0.15) is 0 Å².